The molecule has 0 fully saturated rings. The summed E-state index contributed by atoms with van der Waals surface area (Å²) >= 11 is 12.2. The fraction of sp³-hybridized carbons (Fsp3) is 0. The summed E-state index contributed by atoms with van der Waals surface area (Å²) in [5, 5.41) is 0.537. The molecule has 1 aromatic carbocycles. The molecule has 11 heavy (non-hydrogen) atoms. The Kier molecular flexibility index (Phi) is 3.10. The molecule has 0 saturated carbocycles. The summed E-state index contributed by atoms with van der Waals surface area (Å²) in [7, 11) is 0. The second-order valence-electron chi connectivity index (χ2n) is 1.87. The molecule has 4 heteroatoms. The van der Waals surface area contributed by atoms with Gasteiger partial charge in [-0.25, -0.2) is 0 Å². The first-order valence-corrected chi connectivity index (χ1v) is 4.72. The maximum atomic E-state index is 10.5. The zero-order valence-electron chi connectivity index (χ0n) is 5.27. The predicted molar refractivity (Wildman–Crippen MR) is 52.2 cm³/mol. The molecule has 0 N–H and O–H groups in total. The molecule has 0 aromatic heterocycles. The molecule has 58 valence electrons. The van der Waals surface area contributed by atoms with Crippen LogP contribution in [0.4, 0.5) is 0 Å². The van der Waals surface area contributed by atoms with Crippen molar-refractivity contribution in [1.82, 2.24) is 0 Å². The van der Waals surface area contributed by atoms with E-state index in [1.807, 2.05) is 0 Å². The smallest absolute Gasteiger partial charge is 0.152 e. The minimum atomic E-state index is 0.537. The van der Waals surface area contributed by atoms with Gasteiger partial charge in [0.2, 0.25) is 0 Å². The van der Waals surface area contributed by atoms with Crippen LogP contribution in [0, 0.1) is 0 Å². The predicted octanol–water partition coefficient (Wildman–Crippen LogP) is 3.68. The minimum absolute atomic E-state index is 0.537. The largest absolute Gasteiger partial charge is 0.298 e. The lowest BCUT2D eigenvalue weighted by molar-refractivity contribution is 0.112. The first kappa shape index (κ1) is 9.23. The summed E-state index contributed by atoms with van der Waals surface area (Å²) in [5.41, 5.74) is 0.539. The summed E-state index contributed by atoms with van der Waals surface area (Å²) in [5.74, 6) is 0. The summed E-state index contributed by atoms with van der Waals surface area (Å²) in [4.78, 5) is 10.5. The van der Waals surface area contributed by atoms with E-state index in [2.05, 4.69) is 31.9 Å². The molecular formula is C7H3Br2ClO. The number of aldehydes is 1. The quantitative estimate of drug-likeness (QED) is 0.571. The van der Waals surface area contributed by atoms with Crippen molar-refractivity contribution in [2.24, 2.45) is 0 Å². The second-order valence-corrected chi connectivity index (χ2v) is 3.93. The molecule has 0 spiro atoms. The zero-order valence-corrected chi connectivity index (χ0v) is 9.20. The lowest BCUT2D eigenvalue weighted by Crippen LogP contribution is -1.84. The molecule has 0 aliphatic heterocycles. The lowest BCUT2D eigenvalue weighted by atomic mass is 10.2. The average Bonchev–Trinajstić information content (AvgIpc) is 1.99. The van der Waals surface area contributed by atoms with Gasteiger partial charge in [0.15, 0.2) is 6.29 Å². The number of benzene rings is 1. The van der Waals surface area contributed by atoms with Gasteiger partial charge >= 0.3 is 0 Å². The SMILES string of the molecule is O=Cc1c(Br)ccc(Cl)c1Br. The van der Waals surface area contributed by atoms with E-state index in [9.17, 15) is 4.79 Å². The Morgan fingerprint density at radius 1 is 1.36 bits per heavy atom. The highest BCUT2D eigenvalue weighted by molar-refractivity contribution is 9.11. The number of hydrogen-bond acceptors (Lipinski definition) is 1. The third kappa shape index (κ3) is 1.83. The van der Waals surface area contributed by atoms with Gasteiger partial charge in [0.05, 0.1) is 5.02 Å². The van der Waals surface area contributed by atoms with E-state index in [4.69, 9.17) is 11.6 Å². The van der Waals surface area contributed by atoms with Crippen LogP contribution in [0.5, 0.6) is 0 Å². The zero-order chi connectivity index (χ0) is 8.43. The molecule has 0 heterocycles. The Morgan fingerprint density at radius 3 is 2.45 bits per heavy atom. The van der Waals surface area contributed by atoms with Gasteiger partial charge in [-0.2, -0.15) is 0 Å². The summed E-state index contributed by atoms with van der Waals surface area (Å²) < 4.78 is 1.37. The monoisotopic (exact) mass is 296 g/mol. The Hall–Kier alpha value is 0.140. The van der Waals surface area contributed by atoms with Crippen LogP contribution in [0.3, 0.4) is 0 Å². The van der Waals surface area contributed by atoms with Crippen molar-refractivity contribution >= 4 is 49.7 Å². The van der Waals surface area contributed by atoms with Crippen molar-refractivity contribution < 1.29 is 4.79 Å². The first-order chi connectivity index (χ1) is 5.16. The first-order valence-electron chi connectivity index (χ1n) is 2.75. The van der Waals surface area contributed by atoms with Crippen LogP contribution in [-0.4, -0.2) is 6.29 Å². The van der Waals surface area contributed by atoms with Gasteiger partial charge in [0, 0.05) is 14.5 Å². The molecule has 1 aromatic rings. The standard InChI is InChI=1S/C7H3Br2ClO/c8-5-1-2-6(10)7(9)4(5)3-11/h1-3H. The van der Waals surface area contributed by atoms with Crippen molar-refractivity contribution in [3.05, 3.63) is 31.7 Å². The Morgan fingerprint density at radius 2 is 2.00 bits per heavy atom. The van der Waals surface area contributed by atoms with Gasteiger partial charge in [-0.3, -0.25) is 4.79 Å². The highest BCUT2D eigenvalue weighted by Gasteiger charge is 2.06. The molecule has 1 rings (SSSR count). The van der Waals surface area contributed by atoms with Crippen LogP contribution < -0.4 is 0 Å². The molecule has 0 bridgehead atoms. The summed E-state index contributed by atoms with van der Waals surface area (Å²) in [6, 6.07) is 3.44. The van der Waals surface area contributed by atoms with E-state index >= 15 is 0 Å². The third-order valence-corrected chi connectivity index (χ3v) is 3.29. The van der Waals surface area contributed by atoms with Crippen molar-refractivity contribution in [1.29, 1.82) is 0 Å². The topological polar surface area (TPSA) is 17.1 Å². The van der Waals surface area contributed by atoms with E-state index in [0.717, 1.165) is 10.8 Å². The Bertz CT molecular complexity index is 299. The highest BCUT2D eigenvalue weighted by atomic mass is 79.9. The molecule has 0 amide bonds. The molecule has 0 aliphatic rings. The van der Waals surface area contributed by atoms with Gasteiger partial charge in [-0.05, 0) is 28.1 Å². The van der Waals surface area contributed by atoms with Crippen molar-refractivity contribution in [2.45, 2.75) is 0 Å². The number of halogens is 3. The van der Waals surface area contributed by atoms with Gasteiger partial charge < -0.3 is 0 Å². The molecule has 0 radical (unpaired) electrons. The van der Waals surface area contributed by atoms with E-state index in [1.54, 1.807) is 12.1 Å². The van der Waals surface area contributed by atoms with Crippen molar-refractivity contribution in [2.75, 3.05) is 0 Å². The Balaban J connectivity index is 3.40. The molecule has 0 aliphatic carbocycles. The number of hydrogen-bond donors (Lipinski definition) is 0. The van der Waals surface area contributed by atoms with Gasteiger partial charge in [0.25, 0.3) is 0 Å². The average molecular weight is 298 g/mol. The molecule has 0 saturated heterocycles. The maximum absolute atomic E-state index is 10.5. The van der Waals surface area contributed by atoms with Crippen LogP contribution in [0.25, 0.3) is 0 Å². The van der Waals surface area contributed by atoms with Crippen LogP contribution in [-0.2, 0) is 0 Å². The Labute approximate surface area is 86.0 Å². The fourth-order valence-electron chi connectivity index (χ4n) is 0.651. The second kappa shape index (κ2) is 3.70. The number of carbonyl (C=O) groups is 1. The molecular weight excluding hydrogens is 295 g/mol. The van der Waals surface area contributed by atoms with Crippen LogP contribution in [0.15, 0.2) is 21.1 Å². The van der Waals surface area contributed by atoms with Crippen LogP contribution in [0.2, 0.25) is 5.02 Å². The van der Waals surface area contributed by atoms with Gasteiger partial charge in [0.1, 0.15) is 0 Å². The molecule has 0 atom stereocenters. The lowest BCUT2D eigenvalue weighted by Gasteiger charge is -2.00. The van der Waals surface area contributed by atoms with E-state index in [1.165, 1.54) is 0 Å². The maximum Gasteiger partial charge on any atom is 0.152 e. The van der Waals surface area contributed by atoms with Crippen LogP contribution in [0.1, 0.15) is 10.4 Å². The molecule has 1 nitrogen and oxygen atoms in total. The van der Waals surface area contributed by atoms with Gasteiger partial charge in [-0.15, -0.1) is 0 Å². The highest BCUT2D eigenvalue weighted by Crippen LogP contribution is 2.30. The summed E-state index contributed by atoms with van der Waals surface area (Å²) in [6.45, 7) is 0. The van der Waals surface area contributed by atoms with E-state index in [-0.39, 0.29) is 0 Å². The molecule has 0 unspecified atom stereocenters. The third-order valence-electron chi connectivity index (χ3n) is 1.20. The fourth-order valence-corrected chi connectivity index (χ4v) is 1.94. The minimum Gasteiger partial charge on any atom is -0.298 e. The summed E-state index contributed by atoms with van der Waals surface area (Å²) in [6.07, 6.45) is 0.750. The van der Waals surface area contributed by atoms with E-state index in [0.29, 0.717) is 15.1 Å². The van der Waals surface area contributed by atoms with Gasteiger partial charge in [-0.1, -0.05) is 27.5 Å². The van der Waals surface area contributed by atoms with E-state index < -0.39 is 0 Å². The number of rotatable bonds is 1. The number of carbonyl (C=O) groups excluding carboxylic acids is 1. The van der Waals surface area contributed by atoms with Crippen molar-refractivity contribution in [3.63, 3.8) is 0 Å². The van der Waals surface area contributed by atoms with Crippen LogP contribution >= 0.6 is 43.5 Å². The van der Waals surface area contributed by atoms with Crippen molar-refractivity contribution in [3.8, 4) is 0 Å². The normalized spacial score (nSPS) is 9.73.